The van der Waals surface area contributed by atoms with Crippen LogP contribution < -0.4 is 4.90 Å². The van der Waals surface area contributed by atoms with Gasteiger partial charge in [-0.05, 0) is 48.1 Å². The van der Waals surface area contributed by atoms with Crippen LogP contribution >= 0.6 is 12.2 Å². The molecule has 1 saturated heterocycles. The van der Waals surface area contributed by atoms with Gasteiger partial charge in [0.2, 0.25) is 0 Å². The standard InChI is InChI=1S/C22H27FN2S/c1-22(2,18-6-4-3-5-7-18)13-12-21(26)25-16-14-24(15-17-25)20-10-8-19(23)9-11-20/h3-11H,12-17H2,1-2H3. The molecule has 26 heavy (non-hydrogen) atoms. The van der Waals surface area contributed by atoms with E-state index in [-0.39, 0.29) is 11.2 Å². The monoisotopic (exact) mass is 370 g/mol. The molecule has 138 valence electrons. The molecule has 0 spiro atoms. The number of thiocarbonyl (C=S) groups is 1. The Morgan fingerprint density at radius 3 is 2.19 bits per heavy atom. The predicted molar refractivity (Wildman–Crippen MR) is 111 cm³/mol. The molecule has 3 rings (SSSR count). The van der Waals surface area contributed by atoms with Gasteiger partial charge >= 0.3 is 0 Å². The molecule has 0 bridgehead atoms. The lowest BCUT2D eigenvalue weighted by molar-refractivity contribution is 0.377. The number of rotatable bonds is 5. The van der Waals surface area contributed by atoms with Crippen LogP contribution in [0.1, 0.15) is 32.3 Å². The van der Waals surface area contributed by atoms with Crippen LogP contribution in [-0.4, -0.2) is 36.1 Å². The van der Waals surface area contributed by atoms with Crippen molar-refractivity contribution < 1.29 is 4.39 Å². The molecule has 1 aliphatic heterocycles. The smallest absolute Gasteiger partial charge is 0.123 e. The van der Waals surface area contributed by atoms with E-state index in [9.17, 15) is 4.39 Å². The maximum Gasteiger partial charge on any atom is 0.123 e. The van der Waals surface area contributed by atoms with E-state index in [0.717, 1.165) is 49.7 Å². The molecular formula is C22H27FN2S. The van der Waals surface area contributed by atoms with Crippen molar-refractivity contribution in [3.05, 3.63) is 66.0 Å². The highest BCUT2D eigenvalue weighted by Crippen LogP contribution is 2.29. The molecule has 2 aromatic rings. The third-order valence-corrected chi connectivity index (χ3v) is 5.81. The number of anilines is 1. The highest BCUT2D eigenvalue weighted by atomic mass is 32.1. The predicted octanol–water partition coefficient (Wildman–Crippen LogP) is 5.03. The molecule has 0 saturated carbocycles. The first-order valence-electron chi connectivity index (χ1n) is 9.29. The summed E-state index contributed by atoms with van der Waals surface area (Å²) >= 11 is 5.72. The van der Waals surface area contributed by atoms with E-state index in [0.29, 0.717) is 0 Å². The summed E-state index contributed by atoms with van der Waals surface area (Å²) in [6.07, 6.45) is 1.99. The molecule has 0 N–H and O–H groups in total. The van der Waals surface area contributed by atoms with E-state index < -0.39 is 0 Å². The Bertz CT molecular complexity index is 720. The van der Waals surface area contributed by atoms with Gasteiger partial charge in [-0.25, -0.2) is 4.39 Å². The van der Waals surface area contributed by atoms with Crippen molar-refractivity contribution >= 4 is 22.9 Å². The second-order valence-corrected chi connectivity index (χ2v) is 8.07. The Morgan fingerprint density at radius 2 is 1.58 bits per heavy atom. The van der Waals surface area contributed by atoms with Gasteiger partial charge in [0.25, 0.3) is 0 Å². The third kappa shape index (κ3) is 4.61. The number of hydrogen-bond acceptors (Lipinski definition) is 2. The zero-order valence-corrected chi connectivity index (χ0v) is 16.4. The second kappa shape index (κ2) is 8.17. The van der Waals surface area contributed by atoms with Crippen LogP contribution in [0.5, 0.6) is 0 Å². The van der Waals surface area contributed by atoms with Gasteiger partial charge in [0.15, 0.2) is 0 Å². The van der Waals surface area contributed by atoms with Crippen molar-refractivity contribution in [2.75, 3.05) is 31.1 Å². The first-order chi connectivity index (χ1) is 12.5. The average molecular weight is 371 g/mol. The highest BCUT2D eigenvalue weighted by Gasteiger charge is 2.23. The van der Waals surface area contributed by atoms with E-state index in [1.54, 1.807) is 0 Å². The summed E-state index contributed by atoms with van der Waals surface area (Å²) in [4.78, 5) is 5.69. The fourth-order valence-electron chi connectivity index (χ4n) is 3.48. The normalized spacial score (nSPS) is 15.2. The average Bonchev–Trinajstić information content (AvgIpc) is 2.68. The van der Waals surface area contributed by atoms with Crippen molar-refractivity contribution in [3.8, 4) is 0 Å². The Balaban J connectivity index is 1.50. The first-order valence-corrected chi connectivity index (χ1v) is 9.70. The quantitative estimate of drug-likeness (QED) is 0.681. The molecule has 1 heterocycles. The van der Waals surface area contributed by atoms with Gasteiger partial charge in [0, 0.05) is 31.9 Å². The maximum atomic E-state index is 13.1. The lowest BCUT2D eigenvalue weighted by atomic mass is 9.80. The molecule has 0 amide bonds. The summed E-state index contributed by atoms with van der Waals surface area (Å²) in [5, 5.41) is 0. The van der Waals surface area contributed by atoms with Crippen molar-refractivity contribution in [2.24, 2.45) is 0 Å². The largest absolute Gasteiger partial charge is 0.368 e. The molecule has 0 atom stereocenters. The molecular weight excluding hydrogens is 343 g/mol. The summed E-state index contributed by atoms with van der Waals surface area (Å²) in [5.74, 6) is -0.186. The number of hydrogen-bond donors (Lipinski definition) is 0. The van der Waals surface area contributed by atoms with Crippen LogP contribution in [0.25, 0.3) is 0 Å². The van der Waals surface area contributed by atoms with E-state index >= 15 is 0 Å². The Kier molecular flexibility index (Phi) is 5.92. The molecule has 0 aliphatic carbocycles. The Labute approximate surface area is 161 Å². The Morgan fingerprint density at radius 1 is 0.962 bits per heavy atom. The summed E-state index contributed by atoms with van der Waals surface area (Å²) in [7, 11) is 0. The fourth-order valence-corrected chi connectivity index (χ4v) is 3.76. The SMILES string of the molecule is CC(C)(CCC(=S)N1CCN(c2ccc(F)cc2)CC1)c1ccccc1. The van der Waals surface area contributed by atoms with Gasteiger partial charge in [-0.1, -0.05) is 56.4 Å². The van der Waals surface area contributed by atoms with Crippen LogP contribution in [0.2, 0.25) is 0 Å². The van der Waals surface area contributed by atoms with Crippen LogP contribution in [0.4, 0.5) is 10.1 Å². The van der Waals surface area contributed by atoms with Crippen LogP contribution in [0, 0.1) is 5.82 Å². The van der Waals surface area contributed by atoms with Gasteiger partial charge in [0.1, 0.15) is 5.82 Å². The minimum Gasteiger partial charge on any atom is -0.368 e. The highest BCUT2D eigenvalue weighted by molar-refractivity contribution is 7.80. The van der Waals surface area contributed by atoms with Crippen molar-refractivity contribution in [1.29, 1.82) is 0 Å². The summed E-state index contributed by atoms with van der Waals surface area (Å²) in [6, 6.07) is 17.4. The topological polar surface area (TPSA) is 6.48 Å². The maximum absolute atomic E-state index is 13.1. The molecule has 0 radical (unpaired) electrons. The fraction of sp³-hybridized carbons (Fsp3) is 0.409. The van der Waals surface area contributed by atoms with Crippen molar-refractivity contribution in [3.63, 3.8) is 0 Å². The van der Waals surface area contributed by atoms with Crippen LogP contribution in [0.3, 0.4) is 0 Å². The zero-order chi connectivity index (χ0) is 18.6. The van der Waals surface area contributed by atoms with E-state index in [4.69, 9.17) is 12.2 Å². The van der Waals surface area contributed by atoms with Crippen molar-refractivity contribution in [2.45, 2.75) is 32.1 Å². The van der Waals surface area contributed by atoms with E-state index in [1.807, 2.05) is 12.1 Å². The van der Waals surface area contributed by atoms with Gasteiger partial charge in [-0.3, -0.25) is 0 Å². The number of piperazine rings is 1. The van der Waals surface area contributed by atoms with Crippen LogP contribution in [-0.2, 0) is 5.41 Å². The molecule has 4 heteroatoms. The van der Waals surface area contributed by atoms with Gasteiger partial charge in [-0.15, -0.1) is 0 Å². The molecule has 1 aliphatic rings. The second-order valence-electron chi connectivity index (χ2n) is 7.59. The molecule has 1 fully saturated rings. The number of nitrogens with zero attached hydrogens (tertiary/aromatic N) is 2. The summed E-state index contributed by atoms with van der Waals surface area (Å²) in [6.45, 7) is 8.29. The van der Waals surface area contributed by atoms with Crippen LogP contribution in [0.15, 0.2) is 54.6 Å². The molecule has 0 unspecified atom stereocenters. The van der Waals surface area contributed by atoms with Gasteiger partial charge < -0.3 is 9.80 Å². The van der Waals surface area contributed by atoms with Gasteiger partial charge in [0.05, 0.1) is 4.99 Å². The molecule has 2 aromatic carbocycles. The minimum atomic E-state index is -0.186. The Hall–Kier alpha value is -1.94. The third-order valence-electron chi connectivity index (χ3n) is 5.34. The zero-order valence-electron chi connectivity index (χ0n) is 15.6. The summed E-state index contributed by atoms with van der Waals surface area (Å²) in [5.41, 5.74) is 2.58. The molecule has 2 nitrogen and oxygen atoms in total. The minimum absolute atomic E-state index is 0.126. The van der Waals surface area contributed by atoms with Gasteiger partial charge in [-0.2, -0.15) is 0 Å². The van der Waals surface area contributed by atoms with Crippen molar-refractivity contribution in [1.82, 2.24) is 4.90 Å². The summed E-state index contributed by atoms with van der Waals surface area (Å²) < 4.78 is 13.1. The lowest BCUT2D eigenvalue weighted by Crippen LogP contribution is -2.48. The number of benzene rings is 2. The lowest BCUT2D eigenvalue weighted by Gasteiger charge is -2.38. The van der Waals surface area contributed by atoms with E-state index in [2.05, 4.69) is 54.0 Å². The first kappa shape index (κ1) is 18.8. The number of halogens is 1. The molecule has 0 aromatic heterocycles. The van der Waals surface area contributed by atoms with E-state index in [1.165, 1.54) is 17.7 Å².